The third-order valence-electron chi connectivity index (χ3n) is 2.03. The number of aromatic nitrogens is 3. The number of pyridine rings is 1. The maximum atomic E-state index is 12.0. The van der Waals surface area contributed by atoms with E-state index in [1.165, 1.54) is 4.68 Å². The first-order chi connectivity index (χ1) is 8.16. The number of halogens is 3. The first-order valence-corrected chi connectivity index (χ1v) is 5.22. The van der Waals surface area contributed by atoms with E-state index in [0.29, 0.717) is 11.4 Å². The van der Waals surface area contributed by atoms with Crippen molar-refractivity contribution in [2.24, 2.45) is 0 Å². The average Bonchev–Trinajstić information content (AvgIpc) is 2.69. The van der Waals surface area contributed by atoms with Gasteiger partial charge < -0.3 is 5.32 Å². The lowest BCUT2D eigenvalue weighted by atomic mass is 10.4. The highest BCUT2D eigenvalue weighted by molar-refractivity contribution is 6.32. The van der Waals surface area contributed by atoms with E-state index in [9.17, 15) is 8.78 Å². The van der Waals surface area contributed by atoms with E-state index in [-0.39, 0.29) is 5.15 Å². The van der Waals surface area contributed by atoms with Crippen molar-refractivity contribution in [2.75, 3.05) is 11.9 Å². The molecule has 0 unspecified atom stereocenters. The zero-order valence-corrected chi connectivity index (χ0v) is 9.40. The number of hydrogen-bond donors (Lipinski definition) is 1. The molecule has 2 heterocycles. The number of anilines is 1. The van der Waals surface area contributed by atoms with Gasteiger partial charge in [-0.25, -0.2) is 13.5 Å². The van der Waals surface area contributed by atoms with Crippen LogP contribution >= 0.6 is 11.6 Å². The fourth-order valence-electron chi connectivity index (χ4n) is 1.28. The van der Waals surface area contributed by atoms with Crippen molar-refractivity contribution in [3.8, 4) is 5.69 Å². The Hall–Kier alpha value is -1.69. The van der Waals surface area contributed by atoms with Gasteiger partial charge in [0.1, 0.15) is 0 Å². The molecule has 7 heteroatoms. The predicted molar refractivity (Wildman–Crippen MR) is 60.9 cm³/mol. The molecule has 0 aliphatic heterocycles. The second-order valence-electron chi connectivity index (χ2n) is 3.26. The van der Waals surface area contributed by atoms with E-state index >= 15 is 0 Å². The Balaban J connectivity index is 2.19. The lowest BCUT2D eigenvalue weighted by Gasteiger charge is -2.01. The topological polar surface area (TPSA) is 42.7 Å². The molecule has 0 aromatic carbocycles. The van der Waals surface area contributed by atoms with Gasteiger partial charge in [0, 0.05) is 6.20 Å². The molecule has 1 N–H and O–H groups in total. The minimum absolute atomic E-state index is 0.148. The first-order valence-electron chi connectivity index (χ1n) is 4.84. The van der Waals surface area contributed by atoms with Crippen LogP contribution in [0.1, 0.15) is 0 Å². The second kappa shape index (κ2) is 5.09. The van der Waals surface area contributed by atoms with E-state index in [4.69, 9.17) is 11.6 Å². The van der Waals surface area contributed by atoms with Gasteiger partial charge >= 0.3 is 0 Å². The number of alkyl halides is 2. The van der Waals surface area contributed by atoms with Crippen LogP contribution in [0.5, 0.6) is 0 Å². The van der Waals surface area contributed by atoms with Crippen molar-refractivity contribution < 1.29 is 8.78 Å². The number of nitrogens with zero attached hydrogens (tertiary/aromatic N) is 3. The molecule has 2 aromatic heterocycles. The summed E-state index contributed by atoms with van der Waals surface area (Å²) in [5.74, 6) is 0. The van der Waals surface area contributed by atoms with Gasteiger partial charge in [-0.05, 0) is 12.1 Å². The summed E-state index contributed by atoms with van der Waals surface area (Å²) < 4.78 is 25.6. The second-order valence-corrected chi connectivity index (χ2v) is 3.62. The van der Waals surface area contributed by atoms with Gasteiger partial charge in [0.15, 0.2) is 5.15 Å². The lowest BCUT2D eigenvalue weighted by molar-refractivity contribution is 0.163. The molecular weight excluding hydrogens is 250 g/mol. The average molecular weight is 259 g/mol. The van der Waals surface area contributed by atoms with Crippen LogP contribution in [0.25, 0.3) is 5.69 Å². The van der Waals surface area contributed by atoms with Crippen LogP contribution < -0.4 is 5.32 Å². The summed E-state index contributed by atoms with van der Waals surface area (Å²) >= 11 is 5.82. The molecule has 90 valence electrons. The zero-order chi connectivity index (χ0) is 12.3. The summed E-state index contributed by atoms with van der Waals surface area (Å²) in [5, 5.41) is 6.66. The molecule has 0 bridgehead atoms. The van der Waals surface area contributed by atoms with E-state index in [0.717, 1.165) is 0 Å². The van der Waals surface area contributed by atoms with Crippen molar-refractivity contribution in [1.29, 1.82) is 0 Å². The summed E-state index contributed by atoms with van der Waals surface area (Å²) in [6.45, 7) is -0.460. The highest BCUT2D eigenvalue weighted by Gasteiger charge is 2.09. The number of rotatable bonds is 4. The number of hydrogen-bond acceptors (Lipinski definition) is 3. The highest BCUT2D eigenvalue weighted by Crippen LogP contribution is 2.21. The maximum absolute atomic E-state index is 12.0. The van der Waals surface area contributed by atoms with Crippen LogP contribution in [0.2, 0.25) is 5.15 Å². The summed E-state index contributed by atoms with van der Waals surface area (Å²) in [7, 11) is 0. The summed E-state index contributed by atoms with van der Waals surface area (Å²) in [4.78, 5) is 3.93. The Morgan fingerprint density at radius 3 is 2.94 bits per heavy atom. The van der Waals surface area contributed by atoms with Gasteiger partial charge in [-0.1, -0.05) is 11.6 Å². The molecule has 0 radical (unpaired) electrons. The Labute approximate surface area is 101 Å². The third-order valence-corrected chi connectivity index (χ3v) is 2.31. The Morgan fingerprint density at radius 2 is 2.29 bits per heavy atom. The fourth-order valence-corrected chi connectivity index (χ4v) is 1.48. The van der Waals surface area contributed by atoms with Gasteiger partial charge in [0.05, 0.1) is 30.3 Å². The molecule has 0 atom stereocenters. The molecule has 2 rings (SSSR count). The Kier molecular flexibility index (Phi) is 3.53. The molecule has 2 aromatic rings. The quantitative estimate of drug-likeness (QED) is 0.917. The standard InChI is InChI=1S/C10H9ClF2N4/c11-10-8(15-5-9(12)13)6-17(16-10)7-2-1-3-14-4-7/h1-4,6,9,15H,5H2. The predicted octanol–water partition coefficient (Wildman–Crippen LogP) is 2.60. The van der Waals surface area contributed by atoms with Crippen LogP contribution in [0.4, 0.5) is 14.5 Å². The van der Waals surface area contributed by atoms with Gasteiger partial charge in [-0.3, -0.25) is 4.98 Å². The third kappa shape index (κ3) is 2.91. The molecular formula is C10H9ClF2N4. The van der Waals surface area contributed by atoms with Crippen LogP contribution in [0.3, 0.4) is 0 Å². The first kappa shape index (κ1) is 11.8. The minimum atomic E-state index is -2.44. The Bertz CT molecular complexity index is 486. The van der Waals surface area contributed by atoms with E-state index in [2.05, 4.69) is 15.4 Å². The molecule has 0 amide bonds. The number of nitrogens with one attached hydrogen (secondary N) is 1. The van der Waals surface area contributed by atoms with E-state index < -0.39 is 13.0 Å². The SMILES string of the molecule is FC(F)CNc1cn(-c2cccnc2)nc1Cl. The van der Waals surface area contributed by atoms with Gasteiger partial charge in [-0.2, -0.15) is 5.10 Å². The molecule has 0 saturated heterocycles. The monoisotopic (exact) mass is 258 g/mol. The summed E-state index contributed by atoms with van der Waals surface area (Å²) in [5.41, 5.74) is 1.08. The molecule has 0 aliphatic rings. The molecule has 0 spiro atoms. The van der Waals surface area contributed by atoms with Crippen LogP contribution in [0.15, 0.2) is 30.7 Å². The van der Waals surface area contributed by atoms with Crippen LogP contribution in [0, 0.1) is 0 Å². The highest BCUT2D eigenvalue weighted by atomic mass is 35.5. The van der Waals surface area contributed by atoms with Crippen molar-refractivity contribution >= 4 is 17.3 Å². The maximum Gasteiger partial charge on any atom is 0.255 e. The van der Waals surface area contributed by atoms with Crippen molar-refractivity contribution in [1.82, 2.24) is 14.8 Å². The van der Waals surface area contributed by atoms with Crippen molar-refractivity contribution in [3.05, 3.63) is 35.9 Å². The minimum Gasteiger partial charge on any atom is -0.376 e. The lowest BCUT2D eigenvalue weighted by Crippen LogP contribution is -2.09. The van der Waals surface area contributed by atoms with Crippen molar-refractivity contribution in [3.63, 3.8) is 0 Å². The summed E-state index contributed by atoms with van der Waals surface area (Å²) in [6, 6.07) is 3.53. The molecule has 0 fully saturated rings. The van der Waals surface area contributed by atoms with Crippen molar-refractivity contribution in [2.45, 2.75) is 6.43 Å². The largest absolute Gasteiger partial charge is 0.376 e. The van der Waals surface area contributed by atoms with E-state index in [1.54, 1.807) is 30.7 Å². The fraction of sp³-hybridized carbons (Fsp3) is 0.200. The molecule has 17 heavy (non-hydrogen) atoms. The molecule has 4 nitrogen and oxygen atoms in total. The smallest absolute Gasteiger partial charge is 0.255 e. The normalized spacial score (nSPS) is 10.8. The molecule has 0 saturated carbocycles. The zero-order valence-electron chi connectivity index (χ0n) is 8.65. The van der Waals surface area contributed by atoms with E-state index in [1.807, 2.05) is 0 Å². The van der Waals surface area contributed by atoms with Crippen LogP contribution in [-0.2, 0) is 0 Å². The summed E-state index contributed by atoms with van der Waals surface area (Å²) in [6.07, 6.45) is 2.33. The Morgan fingerprint density at radius 1 is 1.47 bits per heavy atom. The molecule has 0 aliphatic carbocycles. The van der Waals surface area contributed by atoms with Gasteiger partial charge in [0.25, 0.3) is 6.43 Å². The van der Waals surface area contributed by atoms with Gasteiger partial charge in [-0.15, -0.1) is 0 Å². The van der Waals surface area contributed by atoms with Crippen LogP contribution in [-0.4, -0.2) is 27.7 Å². The van der Waals surface area contributed by atoms with Gasteiger partial charge in [0.2, 0.25) is 0 Å².